The number of carbonyl (C=O) groups excluding carboxylic acids is 10. The van der Waals surface area contributed by atoms with Gasteiger partial charge in [0.1, 0.15) is 48.5 Å². The molecule has 0 aliphatic carbocycles. The lowest BCUT2D eigenvalue weighted by Gasteiger charge is -2.36. The molecular weight excluding hydrogens is 959 g/mol. The van der Waals surface area contributed by atoms with E-state index in [-0.39, 0.29) is 62.9 Å². The van der Waals surface area contributed by atoms with E-state index in [1.807, 2.05) is 41.5 Å². The van der Waals surface area contributed by atoms with Crippen molar-refractivity contribution in [1.29, 1.82) is 0 Å². The number of cyclic esters (lactones) is 2. The zero-order chi connectivity index (χ0) is 56.2. The lowest BCUT2D eigenvalue weighted by Crippen LogP contribution is -2.62. The van der Waals surface area contributed by atoms with Crippen molar-refractivity contribution in [3.8, 4) is 0 Å². The fourth-order valence-corrected chi connectivity index (χ4v) is 10.0. The molecule has 3 saturated heterocycles. The number of nitrogens with one attached hydrogen (secondary N) is 3. The highest BCUT2D eigenvalue weighted by Crippen LogP contribution is 2.27. The Morgan fingerprint density at radius 3 is 1.97 bits per heavy atom. The maximum atomic E-state index is 14.8. The summed E-state index contributed by atoms with van der Waals surface area (Å²) in [7, 11) is 2.84. The van der Waals surface area contributed by atoms with Gasteiger partial charge in [-0.1, -0.05) is 75.7 Å². The molecule has 13 atom stereocenters. The Balaban J connectivity index is 2.22. The quantitative estimate of drug-likeness (QED) is 0.123. The Bertz CT molecular complexity index is 2010. The van der Waals surface area contributed by atoms with Gasteiger partial charge in [0.15, 0.2) is 11.9 Å². The number of likely N-dealkylation sites (N-methyl/N-ethyl adjacent to an activating group) is 2. The first-order valence-corrected chi connectivity index (χ1v) is 26.8. The topological polar surface area (TPSA) is 279 Å². The molecule has 7 amide bonds. The molecule has 0 aromatic carbocycles. The molecule has 0 bridgehead atoms. The standard InChI is InChI=1S/C53H89N7O14/c1-16-31(10)42-40(62)26-41(63)74-45(30(8)9)44(64)32(11)46(65)54-35(23-27(2)3)50(69)60-22-18-20-37(60)52(71)58(15)39(25-29(6)7)53(72)73-34(13)43(48(67)55-42)56-47(66)38(24-28(4)5)57(14)51(70)36-19-17-21-59(36)49(68)33(12)61/h27-40,42-43,45,61-62H,16-26H2,1-15H3,(H,54,65)(H,55,67)(H,56,66)/t31-,32-,33-,34+,35-,36-,37-,38-,39-,40-,42+,43-,45-/m0/s1. The zero-order valence-electron chi connectivity index (χ0n) is 46.7. The van der Waals surface area contributed by atoms with Gasteiger partial charge >= 0.3 is 11.9 Å². The first-order chi connectivity index (χ1) is 34.4. The van der Waals surface area contributed by atoms with Crippen molar-refractivity contribution in [1.82, 2.24) is 35.6 Å². The average Bonchev–Trinajstić information content (AvgIpc) is 4.03. The molecule has 74 heavy (non-hydrogen) atoms. The molecule has 0 spiro atoms. The molecule has 0 radical (unpaired) electrons. The third kappa shape index (κ3) is 16.4. The highest BCUT2D eigenvalue weighted by atomic mass is 16.6. The number of likely N-dealkylation sites (tertiary alicyclic amines) is 1. The summed E-state index contributed by atoms with van der Waals surface area (Å²) < 4.78 is 11.8. The van der Waals surface area contributed by atoms with Crippen LogP contribution in [0.5, 0.6) is 0 Å². The second-order valence-corrected chi connectivity index (χ2v) is 22.5. The van der Waals surface area contributed by atoms with Gasteiger partial charge in [-0.05, 0) is 95.3 Å². The Hall–Kier alpha value is -5.18. The molecule has 3 heterocycles. The Morgan fingerprint density at radius 2 is 1.42 bits per heavy atom. The van der Waals surface area contributed by atoms with Crippen molar-refractivity contribution >= 4 is 59.1 Å². The van der Waals surface area contributed by atoms with Crippen LogP contribution in [-0.4, -0.2) is 183 Å². The molecule has 21 heteroatoms. The minimum Gasteiger partial charge on any atom is -0.458 e. The smallest absolute Gasteiger partial charge is 0.329 e. The molecule has 3 aliphatic rings. The van der Waals surface area contributed by atoms with Crippen LogP contribution in [0.25, 0.3) is 0 Å². The van der Waals surface area contributed by atoms with Gasteiger partial charge < -0.3 is 55.2 Å². The monoisotopic (exact) mass is 1050 g/mol. The van der Waals surface area contributed by atoms with E-state index in [1.54, 1.807) is 27.7 Å². The molecule has 420 valence electrons. The van der Waals surface area contributed by atoms with Gasteiger partial charge in [-0.25, -0.2) is 4.79 Å². The molecule has 0 aromatic heterocycles. The predicted octanol–water partition coefficient (Wildman–Crippen LogP) is 2.11. The van der Waals surface area contributed by atoms with Crippen molar-refractivity contribution in [2.75, 3.05) is 27.2 Å². The minimum absolute atomic E-state index is 0.0878. The van der Waals surface area contributed by atoms with E-state index in [1.165, 1.54) is 54.5 Å². The molecule has 0 saturated carbocycles. The first kappa shape index (κ1) is 63.1. The summed E-state index contributed by atoms with van der Waals surface area (Å²) in [4.78, 5) is 147. The van der Waals surface area contributed by atoms with Crippen molar-refractivity contribution < 1.29 is 67.6 Å². The van der Waals surface area contributed by atoms with Gasteiger partial charge in [0.2, 0.25) is 35.4 Å². The number of aliphatic hydroxyl groups is 2. The lowest BCUT2D eigenvalue weighted by atomic mass is 9.91. The first-order valence-electron chi connectivity index (χ1n) is 26.8. The van der Waals surface area contributed by atoms with Gasteiger partial charge in [0.25, 0.3) is 5.91 Å². The second kappa shape index (κ2) is 28.1. The number of rotatable bonds is 14. The maximum Gasteiger partial charge on any atom is 0.329 e. The number of hydrogen-bond acceptors (Lipinski definition) is 14. The zero-order valence-corrected chi connectivity index (χ0v) is 46.7. The molecule has 3 rings (SSSR count). The van der Waals surface area contributed by atoms with E-state index in [0.717, 1.165) is 0 Å². The molecule has 3 fully saturated rings. The molecule has 0 aromatic rings. The summed E-state index contributed by atoms with van der Waals surface area (Å²) in [6, 6.07) is -8.55. The minimum atomic E-state index is -1.72. The van der Waals surface area contributed by atoms with Crippen molar-refractivity contribution in [2.45, 2.75) is 215 Å². The number of carbonyl (C=O) groups is 10. The number of ketones is 1. The SMILES string of the molecule is CC[C@H](C)[C@H]1NC(=O)[C@@H](NC(=O)[C@H](CC(C)C)N(C)C(=O)[C@@H]2CCCN2C(=O)[C@H](C)O)[C@@H](C)OC(=O)[C@H](CC(C)C)N(C)C(=O)[C@@H]2CCCN2C(=O)[C@H](CC(C)C)NC(=O)[C@@H](C)C(=O)[C@H](C(C)C)OC(=O)C[C@@H]1O. The largest absolute Gasteiger partial charge is 0.458 e. The van der Waals surface area contributed by atoms with Gasteiger partial charge in [-0.2, -0.15) is 0 Å². The Kier molecular flexibility index (Phi) is 24.0. The van der Waals surface area contributed by atoms with E-state index in [4.69, 9.17) is 9.47 Å². The van der Waals surface area contributed by atoms with E-state index < -0.39 is 150 Å². The van der Waals surface area contributed by atoms with Gasteiger partial charge in [-0.3, -0.25) is 43.2 Å². The number of amides is 7. The van der Waals surface area contributed by atoms with Gasteiger partial charge in [0, 0.05) is 27.2 Å². The van der Waals surface area contributed by atoms with Crippen LogP contribution < -0.4 is 16.0 Å². The van der Waals surface area contributed by atoms with E-state index in [2.05, 4.69) is 16.0 Å². The third-order valence-corrected chi connectivity index (χ3v) is 14.6. The van der Waals surface area contributed by atoms with E-state index in [9.17, 15) is 58.2 Å². The van der Waals surface area contributed by atoms with Crippen LogP contribution in [0.4, 0.5) is 0 Å². The lowest BCUT2D eigenvalue weighted by molar-refractivity contribution is -0.163. The summed E-state index contributed by atoms with van der Waals surface area (Å²) in [6.45, 7) is 22.2. The van der Waals surface area contributed by atoms with Crippen LogP contribution in [0, 0.1) is 35.5 Å². The highest BCUT2D eigenvalue weighted by Gasteiger charge is 2.46. The van der Waals surface area contributed by atoms with Crippen LogP contribution >= 0.6 is 0 Å². The number of esters is 2. The number of ether oxygens (including phenoxy) is 2. The van der Waals surface area contributed by atoms with Gasteiger partial charge in [0.05, 0.1) is 24.5 Å². The maximum absolute atomic E-state index is 14.8. The normalized spacial score (nSPS) is 28.9. The van der Waals surface area contributed by atoms with E-state index in [0.29, 0.717) is 19.3 Å². The summed E-state index contributed by atoms with van der Waals surface area (Å²) in [5.74, 6) is -10.6. The molecule has 5 N–H and O–H groups in total. The van der Waals surface area contributed by atoms with Crippen LogP contribution in [0.3, 0.4) is 0 Å². The molecule has 0 unspecified atom stereocenters. The van der Waals surface area contributed by atoms with Crippen molar-refractivity contribution in [3.05, 3.63) is 0 Å². The fraction of sp³-hybridized carbons (Fsp3) is 0.811. The van der Waals surface area contributed by atoms with E-state index >= 15 is 0 Å². The van der Waals surface area contributed by atoms with Crippen LogP contribution in [0.1, 0.15) is 148 Å². The third-order valence-electron chi connectivity index (χ3n) is 14.6. The van der Waals surface area contributed by atoms with Crippen molar-refractivity contribution in [2.24, 2.45) is 35.5 Å². The van der Waals surface area contributed by atoms with Crippen LogP contribution in [0.15, 0.2) is 0 Å². The number of Topliss-reactive ketones (excluding diaryl/α,β-unsaturated/α-hetero) is 1. The summed E-state index contributed by atoms with van der Waals surface area (Å²) in [5, 5.41) is 30.1. The molecule has 3 aliphatic heterocycles. The van der Waals surface area contributed by atoms with Crippen LogP contribution in [0.2, 0.25) is 0 Å². The fourth-order valence-electron chi connectivity index (χ4n) is 10.0. The highest BCUT2D eigenvalue weighted by molar-refractivity contribution is 6.05. The van der Waals surface area contributed by atoms with Crippen molar-refractivity contribution in [3.63, 3.8) is 0 Å². The Labute approximate surface area is 438 Å². The van der Waals surface area contributed by atoms with Crippen LogP contribution in [-0.2, 0) is 57.4 Å². The number of nitrogens with zero attached hydrogens (tertiary/aromatic N) is 4. The second-order valence-electron chi connectivity index (χ2n) is 22.5. The molecule has 21 nitrogen and oxygen atoms in total. The number of hydrogen-bond donors (Lipinski definition) is 5. The molecular formula is C53H89N7O14. The number of fused-ring (bicyclic) bond motifs is 1. The summed E-state index contributed by atoms with van der Waals surface area (Å²) in [6.07, 6.45) is -4.48. The summed E-state index contributed by atoms with van der Waals surface area (Å²) >= 11 is 0. The van der Waals surface area contributed by atoms with Gasteiger partial charge in [-0.15, -0.1) is 0 Å². The average molecular weight is 1050 g/mol. The Morgan fingerprint density at radius 1 is 0.811 bits per heavy atom. The predicted molar refractivity (Wildman–Crippen MR) is 273 cm³/mol. The number of aliphatic hydroxyl groups excluding tert-OH is 2. The summed E-state index contributed by atoms with van der Waals surface area (Å²) in [5.41, 5.74) is 0.